The summed E-state index contributed by atoms with van der Waals surface area (Å²) in [6, 6.07) is 0. The summed E-state index contributed by atoms with van der Waals surface area (Å²) in [5.74, 6) is 0. The van der Waals surface area contributed by atoms with Crippen molar-refractivity contribution >= 4 is 38.4 Å². The Hall–Kier alpha value is 1.48. The molecular weight excluding hydrogens is 766 g/mol. The Labute approximate surface area is 296 Å². The first kappa shape index (κ1) is 46.5. The van der Waals surface area contributed by atoms with Crippen molar-refractivity contribution in [1.82, 2.24) is 0 Å². The second-order valence-corrected chi connectivity index (χ2v) is 40.5. The van der Waals surface area contributed by atoms with Crippen LogP contribution in [0.2, 0.25) is 15.7 Å². The van der Waals surface area contributed by atoms with Crippen molar-refractivity contribution in [1.29, 1.82) is 0 Å². The molecule has 0 saturated heterocycles. The number of hydrogen-bond donors (Lipinski definition) is 0. The predicted octanol–water partition coefficient (Wildman–Crippen LogP) is 15.0. The van der Waals surface area contributed by atoms with Crippen LogP contribution < -0.4 is 0 Å². The molecule has 45 heavy (non-hydrogen) atoms. The average Bonchev–Trinajstić information content (AvgIpc) is 3.06. The fraction of sp³-hybridized carbons (Fsp3) is 1.00. The molecule has 0 aliphatic carbocycles. The standard InChI is InChI=1S/2C12H25O.4C4H9.O.2Sn/c2*1-2-3-4-5-6-7-8-9-10-11-12-13;4*1-3-4-2;;;/h2*2-12H2,1H3;4*3H,4H2,1-2H3;;;/q2*-1;;;;;;2*+1. The molecule has 3 nitrogen and oxygen atoms in total. The zero-order valence-corrected chi connectivity index (χ0v) is 38.6. The van der Waals surface area contributed by atoms with Gasteiger partial charge in [-0.3, -0.25) is 0 Å². The van der Waals surface area contributed by atoms with E-state index >= 15 is 0 Å². The van der Waals surface area contributed by atoms with E-state index in [-0.39, 0.29) is 0 Å². The van der Waals surface area contributed by atoms with Crippen LogP contribution in [0.4, 0.5) is 0 Å². The first-order valence-electron chi connectivity index (χ1n) is 20.7. The Kier molecular flexibility index (Phi) is 31.3. The van der Waals surface area contributed by atoms with Crippen molar-refractivity contribution in [2.24, 2.45) is 0 Å². The van der Waals surface area contributed by atoms with E-state index in [9.17, 15) is 0 Å². The van der Waals surface area contributed by atoms with Crippen LogP contribution in [0.5, 0.6) is 0 Å². The first-order valence-corrected chi connectivity index (χ1v) is 32.0. The van der Waals surface area contributed by atoms with Crippen molar-refractivity contribution in [3.63, 3.8) is 0 Å². The molecule has 4 unspecified atom stereocenters. The summed E-state index contributed by atoms with van der Waals surface area (Å²) in [6.07, 6.45) is 32.0. The van der Waals surface area contributed by atoms with E-state index < -0.39 is 38.4 Å². The maximum absolute atomic E-state index is 8.00. The van der Waals surface area contributed by atoms with Crippen LogP contribution in [0.25, 0.3) is 0 Å². The van der Waals surface area contributed by atoms with Gasteiger partial charge in [0.15, 0.2) is 0 Å². The van der Waals surface area contributed by atoms with Gasteiger partial charge in [-0.25, -0.2) is 0 Å². The molecule has 0 N–H and O–H groups in total. The molecule has 0 radical (unpaired) electrons. The second kappa shape index (κ2) is 30.3. The fourth-order valence-electron chi connectivity index (χ4n) is 7.03. The molecule has 0 fully saturated rings. The summed E-state index contributed by atoms with van der Waals surface area (Å²) in [5, 5.41) is 0. The molecule has 0 amide bonds. The summed E-state index contributed by atoms with van der Waals surface area (Å²) in [6.45, 7) is 25.8. The van der Waals surface area contributed by atoms with Crippen LogP contribution in [0, 0.1) is 0 Å². The van der Waals surface area contributed by atoms with Gasteiger partial charge in [0.1, 0.15) is 0 Å². The van der Waals surface area contributed by atoms with Gasteiger partial charge in [0.2, 0.25) is 0 Å². The molecule has 272 valence electrons. The zero-order valence-electron chi connectivity index (χ0n) is 32.9. The Bertz CT molecular complexity index is 559. The van der Waals surface area contributed by atoms with Gasteiger partial charge in [-0.05, 0) is 0 Å². The van der Waals surface area contributed by atoms with Gasteiger partial charge in [-0.1, -0.05) is 13.8 Å². The molecule has 0 rings (SSSR count). The van der Waals surface area contributed by atoms with Gasteiger partial charge in [0.25, 0.3) is 0 Å². The van der Waals surface area contributed by atoms with Gasteiger partial charge in [0, 0.05) is 0 Å². The van der Waals surface area contributed by atoms with E-state index in [4.69, 9.17) is 7.56 Å². The summed E-state index contributed by atoms with van der Waals surface area (Å²) >= 11 is -7.07. The van der Waals surface area contributed by atoms with E-state index in [0.29, 0.717) is 15.7 Å². The third-order valence-electron chi connectivity index (χ3n) is 11.2. The zero-order chi connectivity index (χ0) is 33.8. The van der Waals surface area contributed by atoms with Crippen molar-refractivity contribution in [3.8, 4) is 0 Å². The summed E-state index contributed by atoms with van der Waals surface area (Å²) < 4.78 is 24.9. The van der Waals surface area contributed by atoms with Crippen molar-refractivity contribution in [2.45, 2.75) is 239 Å². The van der Waals surface area contributed by atoms with Crippen LogP contribution in [-0.2, 0) is 7.56 Å². The van der Waals surface area contributed by atoms with E-state index in [1.165, 1.54) is 154 Å². The molecule has 5 heteroatoms. The molecule has 0 aromatic heterocycles. The number of hydrogen-bond acceptors (Lipinski definition) is 3. The van der Waals surface area contributed by atoms with Crippen LogP contribution in [0.3, 0.4) is 0 Å². The normalized spacial score (nSPS) is 17.5. The predicted molar refractivity (Wildman–Crippen MR) is 207 cm³/mol. The molecule has 0 bridgehead atoms. The van der Waals surface area contributed by atoms with Gasteiger partial charge >= 0.3 is 284 Å². The molecule has 0 heterocycles. The number of rotatable bonds is 34. The molecule has 4 atom stereocenters. The van der Waals surface area contributed by atoms with Crippen LogP contribution >= 0.6 is 0 Å². The maximum atomic E-state index is 8.00. The van der Waals surface area contributed by atoms with Crippen LogP contribution in [0.1, 0.15) is 223 Å². The average molecular weight is 853 g/mol. The van der Waals surface area contributed by atoms with Gasteiger partial charge in [-0.2, -0.15) is 0 Å². The molecule has 0 saturated carbocycles. The number of unbranched alkanes of at least 4 members (excludes halogenated alkanes) is 18. The SMILES string of the molecule is CCCCCCCCCCCC[O][Sn]([O][Sn]([O]CCCCCCCCCCCC)([CH](C)CC)[CH](C)CC)([CH](C)CC)[CH](C)CC. The molecule has 0 aromatic carbocycles. The Morgan fingerprint density at radius 3 is 0.778 bits per heavy atom. The Morgan fingerprint density at radius 1 is 0.333 bits per heavy atom. The monoisotopic (exact) mass is 854 g/mol. The molecule has 0 aromatic rings. The van der Waals surface area contributed by atoms with E-state index in [0.717, 1.165) is 13.2 Å². The quantitative estimate of drug-likeness (QED) is 0.0477. The molecule has 0 aliphatic rings. The minimum absolute atomic E-state index is 0.558. The summed E-state index contributed by atoms with van der Waals surface area (Å²) in [7, 11) is 0. The van der Waals surface area contributed by atoms with Crippen molar-refractivity contribution in [2.75, 3.05) is 13.2 Å². The van der Waals surface area contributed by atoms with Gasteiger partial charge in [-0.15, -0.1) is 0 Å². The summed E-state index contributed by atoms with van der Waals surface area (Å²) in [4.78, 5) is 0. The first-order chi connectivity index (χ1) is 21.8. The van der Waals surface area contributed by atoms with Crippen LogP contribution in [-0.4, -0.2) is 51.6 Å². The van der Waals surface area contributed by atoms with Crippen molar-refractivity contribution < 1.29 is 7.56 Å². The molecule has 0 spiro atoms. The van der Waals surface area contributed by atoms with E-state index in [1.807, 2.05) is 0 Å². The summed E-state index contributed by atoms with van der Waals surface area (Å²) in [5.41, 5.74) is 0. The second-order valence-electron chi connectivity index (χ2n) is 14.8. The molecule has 0 aliphatic heterocycles. The van der Waals surface area contributed by atoms with Crippen LogP contribution in [0.15, 0.2) is 0 Å². The van der Waals surface area contributed by atoms with Gasteiger partial charge < -0.3 is 0 Å². The van der Waals surface area contributed by atoms with Gasteiger partial charge in [0.05, 0.1) is 0 Å². The topological polar surface area (TPSA) is 27.7 Å². The third-order valence-corrected chi connectivity index (χ3v) is 49.3. The fourth-order valence-corrected chi connectivity index (χ4v) is 56.2. The Morgan fingerprint density at radius 2 is 0.556 bits per heavy atom. The van der Waals surface area contributed by atoms with E-state index in [2.05, 4.69) is 69.2 Å². The third kappa shape index (κ3) is 18.9. The van der Waals surface area contributed by atoms with E-state index in [1.54, 1.807) is 0 Å². The van der Waals surface area contributed by atoms with Crippen molar-refractivity contribution in [3.05, 3.63) is 0 Å². The molecular formula is C40H86O3Sn2. The minimum atomic E-state index is -3.54. The Balaban J connectivity index is 5.43.